The summed E-state index contributed by atoms with van der Waals surface area (Å²) in [5.74, 6) is 0. The van der Waals surface area contributed by atoms with Gasteiger partial charge in [-0.25, -0.2) is 0 Å². The van der Waals surface area contributed by atoms with Gasteiger partial charge in [-0.1, -0.05) is 55.8 Å². The van der Waals surface area contributed by atoms with E-state index < -0.39 is 0 Å². The van der Waals surface area contributed by atoms with Crippen molar-refractivity contribution in [1.82, 2.24) is 9.99 Å². The highest BCUT2D eigenvalue weighted by atomic mass is 31.0. The van der Waals surface area contributed by atoms with Gasteiger partial charge in [-0.3, -0.25) is 4.67 Å². The number of hydrogen-bond acceptors (Lipinski definition) is 2. The lowest BCUT2D eigenvalue weighted by Crippen LogP contribution is -2.38. The number of rotatable bonds is 4. The third-order valence-electron chi connectivity index (χ3n) is 2.54. The van der Waals surface area contributed by atoms with E-state index in [1.165, 1.54) is 12.8 Å². The lowest BCUT2D eigenvalue weighted by atomic mass is 10.1. The van der Waals surface area contributed by atoms with Gasteiger partial charge in [0.1, 0.15) is 0 Å². The Kier molecular flexibility index (Phi) is 16.9. The first kappa shape index (κ1) is 20.7. The number of nitrogens with zero attached hydrogens (tertiary/aromatic N) is 1. The molecule has 0 aromatic carbocycles. The molecule has 0 aromatic rings. The SMILES string of the molecule is C=C/C=C(\C=C/C)NC1CCN(P)CC1.CC.CC. The third kappa shape index (κ3) is 11.0. The average molecular weight is 284 g/mol. The van der Waals surface area contributed by atoms with Gasteiger partial charge in [-0.05, 0) is 31.9 Å². The molecule has 0 spiro atoms. The summed E-state index contributed by atoms with van der Waals surface area (Å²) in [7, 11) is 2.77. The summed E-state index contributed by atoms with van der Waals surface area (Å²) in [5, 5.41) is 3.55. The van der Waals surface area contributed by atoms with E-state index in [1.807, 2.05) is 52.8 Å². The van der Waals surface area contributed by atoms with E-state index in [0.717, 1.165) is 18.8 Å². The molecule has 0 aromatic heterocycles. The second-order valence-corrected chi connectivity index (χ2v) is 4.54. The van der Waals surface area contributed by atoms with E-state index >= 15 is 0 Å². The number of allylic oxidation sites excluding steroid dienone is 4. The van der Waals surface area contributed by atoms with Gasteiger partial charge >= 0.3 is 0 Å². The Labute approximate surface area is 123 Å². The van der Waals surface area contributed by atoms with Crippen LogP contribution in [-0.2, 0) is 0 Å². The molecule has 0 aliphatic carbocycles. The molecule has 1 aliphatic rings. The van der Waals surface area contributed by atoms with Crippen LogP contribution in [0, 0.1) is 0 Å². The van der Waals surface area contributed by atoms with Crippen molar-refractivity contribution in [2.75, 3.05) is 13.1 Å². The molecule has 0 amide bonds. The molecule has 1 heterocycles. The van der Waals surface area contributed by atoms with Gasteiger partial charge in [0.15, 0.2) is 0 Å². The monoisotopic (exact) mass is 284 g/mol. The van der Waals surface area contributed by atoms with Crippen molar-refractivity contribution in [3.05, 3.63) is 36.6 Å². The van der Waals surface area contributed by atoms with Crippen LogP contribution in [-0.4, -0.2) is 23.8 Å². The molecule has 1 atom stereocenters. The number of nitrogens with one attached hydrogen (secondary N) is 1. The Morgan fingerprint density at radius 1 is 1.21 bits per heavy atom. The lowest BCUT2D eigenvalue weighted by Gasteiger charge is -2.30. The average Bonchev–Trinajstić information content (AvgIpc) is 2.46. The summed E-state index contributed by atoms with van der Waals surface area (Å²) in [5.41, 5.74) is 1.16. The Bertz CT molecular complexity index is 251. The van der Waals surface area contributed by atoms with E-state index in [-0.39, 0.29) is 0 Å². The van der Waals surface area contributed by atoms with Gasteiger partial charge in [-0.2, -0.15) is 0 Å². The van der Waals surface area contributed by atoms with Gasteiger partial charge in [-0.15, -0.1) is 0 Å². The molecule has 0 saturated carbocycles. The fraction of sp³-hybridized carbons (Fsp3) is 0.625. The molecule has 112 valence electrons. The number of hydrogen-bond donors (Lipinski definition) is 1. The zero-order chi connectivity index (χ0) is 15.1. The van der Waals surface area contributed by atoms with Crippen LogP contribution in [0.25, 0.3) is 0 Å². The van der Waals surface area contributed by atoms with Gasteiger partial charge in [0.25, 0.3) is 0 Å². The molecular formula is C16H33N2P. The van der Waals surface area contributed by atoms with Crippen molar-refractivity contribution in [2.24, 2.45) is 0 Å². The van der Waals surface area contributed by atoms with E-state index in [1.54, 1.807) is 0 Å². The lowest BCUT2D eigenvalue weighted by molar-refractivity contribution is 0.321. The number of piperidine rings is 1. The van der Waals surface area contributed by atoms with E-state index in [2.05, 4.69) is 32.0 Å². The van der Waals surface area contributed by atoms with Crippen molar-refractivity contribution in [1.29, 1.82) is 0 Å². The molecule has 1 unspecified atom stereocenters. The first-order valence-electron chi connectivity index (χ1n) is 7.48. The highest BCUT2D eigenvalue weighted by Crippen LogP contribution is 2.14. The standard InChI is InChI=1S/C12H21N2P.2C2H6/c1-3-5-11(6-4-2)13-12-7-9-14(15)10-8-12;2*1-2/h3-6,12-13H,1,7-10,15H2,2H3;2*1-2H3/b6-4-,11-5+;;. The van der Waals surface area contributed by atoms with Gasteiger partial charge in [0.05, 0.1) is 0 Å². The zero-order valence-corrected chi connectivity index (χ0v) is 14.6. The minimum Gasteiger partial charge on any atom is -0.382 e. The summed E-state index contributed by atoms with van der Waals surface area (Å²) in [6, 6.07) is 0.601. The summed E-state index contributed by atoms with van der Waals surface area (Å²) in [6.45, 7) is 16.1. The Morgan fingerprint density at radius 3 is 2.16 bits per heavy atom. The predicted molar refractivity (Wildman–Crippen MR) is 93.2 cm³/mol. The van der Waals surface area contributed by atoms with Crippen LogP contribution in [0.1, 0.15) is 47.5 Å². The first-order chi connectivity index (χ1) is 9.26. The summed E-state index contributed by atoms with van der Waals surface area (Å²) >= 11 is 0. The third-order valence-corrected chi connectivity index (χ3v) is 3.06. The van der Waals surface area contributed by atoms with Crippen LogP contribution < -0.4 is 5.32 Å². The van der Waals surface area contributed by atoms with E-state index in [4.69, 9.17) is 0 Å². The maximum Gasteiger partial charge on any atom is 0.0338 e. The highest BCUT2D eigenvalue weighted by Gasteiger charge is 2.16. The summed E-state index contributed by atoms with van der Waals surface area (Å²) in [4.78, 5) is 0. The quantitative estimate of drug-likeness (QED) is 0.603. The van der Waals surface area contributed by atoms with Crippen molar-refractivity contribution >= 4 is 9.39 Å². The fourth-order valence-electron chi connectivity index (χ4n) is 1.74. The maximum atomic E-state index is 3.73. The van der Waals surface area contributed by atoms with Crippen molar-refractivity contribution in [2.45, 2.75) is 53.5 Å². The molecule has 19 heavy (non-hydrogen) atoms. The molecule has 1 saturated heterocycles. The van der Waals surface area contributed by atoms with E-state index in [0.29, 0.717) is 6.04 Å². The molecule has 0 bridgehead atoms. The Morgan fingerprint density at radius 2 is 1.74 bits per heavy atom. The minimum absolute atomic E-state index is 0.601. The van der Waals surface area contributed by atoms with Gasteiger partial charge in [0, 0.05) is 24.8 Å². The molecule has 1 N–H and O–H groups in total. The van der Waals surface area contributed by atoms with Crippen molar-refractivity contribution in [3.63, 3.8) is 0 Å². The molecule has 3 heteroatoms. The van der Waals surface area contributed by atoms with Crippen LogP contribution >= 0.6 is 9.39 Å². The highest BCUT2D eigenvalue weighted by molar-refractivity contribution is 7.13. The van der Waals surface area contributed by atoms with E-state index in [9.17, 15) is 0 Å². The van der Waals surface area contributed by atoms with Gasteiger partial charge < -0.3 is 5.32 Å². The summed E-state index contributed by atoms with van der Waals surface area (Å²) in [6.07, 6.45) is 10.4. The van der Waals surface area contributed by atoms with Gasteiger partial charge in [0.2, 0.25) is 0 Å². The maximum absolute atomic E-state index is 3.73. The van der Waals surface area contributed by atoms with Crippen molar-refractivity contribution in [3.8, 4) is 0 Å². The van der Waals surface area contributed by atoms with Crippen molar-refractivity contribution < 1.29 is 0 Å². The molecular weight excluding hydrogens is 251 g/mol. The predicted octanol–water partition coefficient (Wildman–Crippen LogP) is 4.53. The van der Waals surface area contributed by atoms with Crippen LogP contribution in [0.3, 0.4) is 0 Å². The van der Waals surface area contributed by atoms with Crippen LogP contribution in [0.4, 0.5) is 0 Å². The van der Waals surface area contributed by atoms with Crippen LogP contribution in [0.5, 0.6) is 0 Å². The molecule has 0 radical (unpaired) electrons. The fourth-order valence-corrected chi connectivity index (χ4v) is 2.04. The topological polar surface area (TPSA) is 15.3 Å². The second-order valence-electron chi connectivity index (χ2n) is 3.81. The molecule has 1 aliphatic heterocycles. The largest absolute Gasteiger partial charge is 0.382 e. The normalized spacial score (nSPS) is 17.1. The Hall–Kier alpha value is -0.590. The molecule has 1 fully saturated rings. The van der Waals surface area contributed by atoms with Crippen LogP contribution in [0.15, 0.2) is 36.6 Å². The minimum atomic E-state index is 0.601. The molecule has 2 nitrogen and oxygen atoms in total. The second kappa shape index (κ2) is 15.5. The Balaban J connectivity index is 0. The smallest absolute Gasteiger partial charge is 0.0338 e. The summed E-state index contributed by atoms with van der Waals surface area (Å²) < 4.78 is 2.30. The molecule has 1 rings (SSSR count). The first-order valence-corrected chi connectivity index (χ1v) is 7.99. The van der Waals surface area contributed by atoms with Crippen LogP contribution in [0.2, 0.25) is 0 Å². The zero-order valence-electron chi connectivity index (χ0n) is 13.4.